The third-order valence-electron chi connectivity index (χ3n) is 4.36. The maximum absolute atomic E-state index is 11.7. The quantitative estimate of drug-likeness (QED) is 0.581. The molecule has 1 aliphatic carbocycles. The van der Waals surface area contributed by atoms with Gasteiger partial charge in [-0.25, -0.2) is 4.79 Å². The molecule has 0 bridgehead atoms. The van der Waals surface area contributed by atoms with Gasteiger partial charge in [0.15, 0.2) is 0 Å². The van der Waals surface area contributed by atoms with Gasteiger partial charge in [0, 0.05) is 17.5 Å². The number of esters is 1. The summed E-state index contributed by atoms with van der Waals surface area (Å²) in [6.45, 7) is 0. The number of carboxylic acid groups (broad SMARTS) is 1. The average Bonchev–Trinajstić information content (AvgIpc) is 2.91. The maximum Gasteiger partial charge on any atom is 0.490 e. The van der Waals surface area contributed by atoms with E-state index in [0.29, 0.717) is 0 Å². The van der Waals surface area contributed by atoms with E-state index in [4.69, 9.17) is 32.7 Å². The zero-order valence-corrected chi connectivity index (χ0v) is 14.3. The highest BCUT2D eigenvalue weighted by Crippen LogP contribution is 2.47. The molecule has 0 aromatic rings. The molecule has 2 rings (SSSR count). The Morgan fingerprint density at radius 3 is 2.64 bits per heavy atom. The molecule has 0 amide bonds. The fourth-order valence-corrected chi connectivity index (χ4v) is 3.32. The first-order valence-corrected chi connectivity index (χ1v) is 7.87. The number of aliphatic carboxylic acids is 1. The molecule has 0 saturated carbocycles. The lowest BCUT2D eigenvalue weighted by molar-refractivity contribution is -0.192. The first-order valence-electron chi connectivity index (χ1n) is 7.49. The summed E-state index contributed by atoms with van der Waals surface area (Å²) in [7, 11) is 1.42. The number of nitrogens with one attached hydrogen (secondary N) is 1. The van der Waals surface area contributed by atoms with Crippen LogP contribution in [0.25, 0.3) is 0 Å². The monoisotopic (exact) mass is 381 g/mol. The molecule has 2 N–H and O–H groups in total. The Kier molecular flexibility index (Phi) is 7.32. The van der Waals surface area contributed by atoms with Crippen molar-refractivity contribution in [2.24, 2.45) is 5.41 Å². The second-order valence-corrected chi connectivity index (χ2v) is 6.39. The summed E-state index contributed by atoms with van der Waals surface area (Å²) in [5.74, 6) is -0.263. The van der Waals surface area contributed by atoms with Gasteiger partial charge < -0.3 is 9.84 Å². The van der Waals surface area contributed by atoms with Crippen LogP contribution in [0.5, 0.6) is 0 Å². The second-order valence-electron chi connectivity index (χ2n) is 5.91. The number of allylic oxidation sites excluding steroid dienone is 1. The summed E-state index contributed by atoms with van der Waals surface area (Å²) in [5, 5.41) is 11.3. The number of carboxylic acids is 1. The molecule has 0 radical (unpaired) electrons. The summed E-state index contributed by atoms with van der Waals surface area (Å²) in [4.78, 5) is 20.6. The molecule has 1 heterocycles. The van der Waals surface area contributed by atoms with Crippen LogP contribution in [0.3, 0.4) is 0 Å². The predicted molar refractivity (Wildman–Crippen MR) is 84.7 cm³/mol. The largest absolute Gasteiger partial charge is 0.490 e. The number of terminal acetylenes is 1. The number of hydrogen-bond acceptors (Lipinski definition) is 4. The number of methoxy groups -OCH3 is 1. The molecule has 25 heavy (non-hydrogen) atoms. The SMILES string of the molecule is C#CCC[C@@]12CCC(Cl)=C[C@@H]1N[C@H](C(=O)OC)C2.O=C(O)C(F)(F)F. The van der Waals surface area contributed by atoms with Crippen LogP contribution in [-0.4, -0.2) is 42.4 Å². The highest BCUT2D eigenvalue weighted by molar-refractivity contribution is 6.29. The zero-order chi connectivity index (χ0) is 19.3. The fourth-order valence-electron chi connectivity index (χ4n) is 3.10. The molecule has 1 fully saturated rings. The molecular formula is C16H19ClF3NO4. The smallest absolute Gasteiger partial charge is 0.475 e. The van der Waals surface area contributed by atoms with Crippen molar-refractivity contribution in [3.8, 4) is 12.3 Å². The normalized spacial score (nSPS) is 27.9. The van der Waals surface area contributed by atoms with Crippen LogP contribution in [0, 0.1) is 17.8 Å². The predicted octanol–water partition coefficient (Wildman–Crippen LogP) is 2.84. The lowest BCUT2D eigenvalue weighted by Crippen LogP contribution is -2.40. The van der Waals surface area contributed by atoms with E-state index in [2.05, 4.69) is 11.2 Å². The lowest BCUT2D eigenvalue weighted by Gasteiger charge is -2.36. The number of alkyl halides is 3. The summed E-state index contributed by atoms with van der Waals surface area (Å²) in [5.41, 5.74) is 0.0591. The number of rotatable bonds is 3. The van der Waals surface area contributed by atoms with Crippen molar-refractivity contribution < 1.29 is 32.6 Å². The van der Waals surface area contributed by atoms with E-state index in [1.165, 1.54) is 7.11 Å². The number of carbonyl (C=O) groups is 2. The zero-order valence-electron chi connectivity index (χ0n) is 13.5. The molecule has 2 aliphatic rings. The van der Waals surface area contributed by atoms with Crippen molar-refractivity contribution in [1.82, 2.24) is 5.32 Å². The van der Waals surface area contributed by atoms with Crippen molar-refractivity contribution in [3.05, 3.63) is 11.1 Å². The van der Waals surface area contributed by atoms with Crippen LogP contribution in [0.4, 0.5) is 13.2 Å². The number of fused-ring (bicyclic) bond motifs is 1. The molecule has 0 unspecified atom stereocenters. The van der Waals surface area contributed by atoms with E-state index in [1.807, 2.05) is 6.08 Å². The summed E-state index contributed by atoms with van der Waals surface area (Å²) >= 11 is 6.11. The van der Waals surface area contributed by atoms with Crippen LogP contribution in [0.2, 0.25) is 0 Å². The van der Waals surface area contributed by atoms with Crippen molar-refractivity contribution in [2.45, 2.75) is 50.4 Å². The van der Waals surface area contributed by atoms with Crippen LogP contribution >= 0.6 is 11.6 Å². The topological polar surface area (TPSA) is 75.6 Å². The third-order valence-corrected chi connectivity index (χ3v) is 4.67. The van der Waals surface area contributed by atoms with Crippen LogP contribution in [0.1, 0.15) is 32.1 Å². The fraction of sp³-hybridized carbons (Fsp3) is 0.625. The van der Waals surface area contributed by atoms with Gasteiger partial charge in [-0.15, -0.1) is 12.3 Å². The molecule has 0 spiro atoms. The van der Waals surface area contributed by atoms with Gasteiger partial charge in [-0.05, 0) is 31.1 Å². The van der Waals surface area contributed by atoms with Crippen LogP contribution in [0.15, 0.2) is 11.1 Å². The Bertz CT molecular complexity index is 585. The van der Waals surface area contributed by atoms with Gasteiger partial charge in [-0.3, -0.25) is 10.1 Å². The van der Waals surface area contributed by atoms with Crippen molar-refractivity contribution in [1.29, 1.82) is 0 Å². The van der Waals surface area contributed by atoms with Crippen molar-refractivity contribution >= 4 is 23.5 Å². The van der Waals surface area contributed by atoms with E-state index in [-0.39, 0.29) is 23.5 Å². The Hall–Kier alpha value is -1.72. The number of hydrogen-bond donors (Lipinski definition) is 2. The maximum atomic E-state index is 11.7. The highest BCUT2D eigenvalue weighted by atomic mass is 35.5. The van der Waals surface area contributed by atoms with Crippen LogP contribution < -0.4 is 5.32 Å². The number of halogens is 4. The molecule has 9 heteroatoms. The minimum absolute atomic E-state index is 0.0591. The first-order chi connectivity index (χ1) is 11.6. The Morgan fingerprint density at radius 1 is 1.56 bits per heavy atom. The number of carbonyl (C=O) groups excluding carboxylic acids is 1. The van der Waals surface area contributed by atoms with E-state index < -0.39 is 12.1 Å². The van der Waals surface area contributed by atoms with Gasteiger partial charge >= 0.3 is 18.1 Å². The van der Waals surface area contributed by atoms with Gasteiger partial charge in [-0.1, -0.05) is 17.7 Å². The van der Waals surface area contributed by atoms with Gasteiger partial charge in [0.1, 0.15) is 6.04 Å². The van der Waals surface area contributed by atoms with Crippen molar-refractivity contribution in [3.63, 3.8) is 0 Å². The molecule has 0 aromatic carbocycles. The van der Waals surface area contributed by atoms with Crippen molar-refractivity contribution in [2.75, 3.05) is 7.11 Å². The molecule has 5 nitrogen and oxygen atoms in total. The van der Waals surface area contributed by atoms with Gasteiger partial charge in [-0.2, -0.15) is 13.2 Å². The summed E-state index contributed by atoms with van der Waals surface area (Å²) in [6.07, 6.45) is 6.62. The Labute approximate surface area is 148 Å². The standard InChI is InChI=1S/C14H18ClNO2.C2HF3O2/c1-3-4-6-14-7-5-10(15)8-12(14)16-11(9-14)13(17)18-2;3-2(4,5)1(6)7/h1,8,11-12,16H,4-7,9H2,2H3;(H,6,7)/t11-,12-,14-;/m0./s1. The summed E-state index contributed by atoms with van der Waals surface area (Å²) < 4.78 is 36.6. The highest BCUT2D eigenvalue weighted by Gasteiger charge is 2.49. The molecule has 1 saturated heterocycles. The Morgan fingerprint density at radius 2 is 2.16 bits per heavy atom. The molecule has 140 valence electrons. The van der Waals surface area contributed by atoms with Gasteiger partial charge in [0.2, 0.25) is 0 Å². The van der Waals surface area contributed by atoms with E-state index in [1.54, 1.807) is 0 Å². The average molecular weight is 382 g/mol. The third kappa shape index (κ3) is 5.65. The molecular weight excluding hydrogens is 363 g/mol. The minimum atomic E-state index is -5.08. The van der Waals surface area contributed by atoms with E-state index >= 15 is 0 Å². The van der Waals surface area contributed by atoms with E-state index in [9.17, 15) is 18.0 Å². The van der Waals surface area contributed by atoms with Gasteiger partial charge in [0.25, 0.3) is 0 Å². The number of ether oxygens (including phenoxy) is 1. The Balaban J connectivity index is 0.000000381. The lowest BCUT2D eigenvalue weighted by atomic mass is 9.70. The minimum Gasteiger partial charge on any atom is -0.475 e. The van der Waals surface area contributed by atoms with Crippen LogP contribution in [-0.2, 0) is 14.3 Å². The second kappa shape index (κ2) is 8.59. The molecule has 3 atom stereocenters. The first kappa shape index (κ1) is 21.3. The summed E-state index contributed by atoms with van der Waals surface area (Å²) in [6, 6.07) is -0.104. The van der Waals surface area contributed by atoms with E-state index in [0.717, 1.165) is 37.1 Å². The van der Waals surface area contributed by atoms with Gasteiger partial charge in [0.05, 0.1) is 7.11 Å². The molecule has 1 aliphatic heterocycles. The molecule has 0 aromatic heterocycles.